The summed E-state index contributed by atoms with van der Waals surface area (Å²) in [4.78, 5) is 12.2. The largest absolute Gasteiger partial charge is 0.490 e. The summed E-state index contributed by atoms with van der Waals surface area (Å²) in [6, 6.07) is 16.2. The summed E-state index contributed by atoms with van der Waals surface area (Å²) in [7, 11) is 0. The lowest BCUT2D eigenvalue weighted by Gasteiger charge is -2.14. The number of para-hydroxylation sites is 1. The average Bonchev–Trinajstić information content (AvgIpc) is 3.18. The fourth-order valence-electron chi connectivity index (χ4n) is 3.62. The Labute approximate surface area is 136 Å². The van der Waals surface area contributed by atoms with Gasteiger partial charge in [-0.3, -0.25) is 4.79 Å². The summed E-state index contributed by atoms with van der Waals surface area (Å²) < 4.78 is 6.00. The van der Waals surface area contributed by atoms with Gasteiger partial charge in [0.2, 0.25) is 5.91 Å². The number of hydrogen-bond acceptors (Lipinski definition) is 2. The summed E-state index contributed by atoms with van der Waals surface area (Å²) in [6.07, 6.45) is 6.00. The number of nitrogens with one attached hydrogen (secondary N) is 1. The number of carbonyl (C=O) groups is 1. The predicted molar refractivity (Wildman–Crippen MR) is 90.8 cm³/mol. The van der Waals surface area contributed by atoms with Crippen LogP contribution >= 0.6 is 0 Å². The molecule has 2 aromatic carbocycles. The maximum atomic E-state index is 12.2. The van der Waals surface area contributed by atoms with Gasteiger partial charge in [-0.25, -0.2) is 0 Å². The van der Waals surface area contributed by atoms with Gasteiger partial charge < -0.3 is 10.1 Å². The lowest BCUT2D eigenvalue weighted by atomic mass is 9.93. The SMILES string of the molecule is O=C1Nc2ccccc2[C@H]1Cc1ccc(OC2CCCC2)cc1. The van der Waals surface area contributed by atoms with Crippen molar-refractivity contribution in [1.29, 1.82) is 0 Å². The highest BCUT2D eigenvalue weighted by atomic mass is 16.5. The Hall–Kier alpha value is -2.29. The molecule has 0 saturated heterocycles. The first-order valence-corrected chi connectivity index (χ1v) is 8.45. The van der Waals surface area contributed by atoms with Crippen LogP contribution in [0.15, 0.2) is 48.5 Å². The Morgan fingerprint density at radius 3 is 2.52 bits per heavy atom. The molecule has 118 valence electrons. The van der Waals surface area contributed by atoms with E-state index >= 15 is 0 Å². The normalized spacial score (nSPS) is 20.3. The molecule has 23 heavy (non-hydrogen) atoms. The molecule has 0 unspecified atom stereocenters. The summed E-state index contributed by atoms with van der Waals surface area (Å²) in [6.45, 7) is 0. The van der Waals surface area contributed by atoms with Gasteiger partial charge in [0.25, 0.3) is 0 Å². The molecule has 0 radical (unpaired) electrons. The first kappa shape index (κ1) is 14.3. The Morgan fingerprint density at radius 1 is 1.00 bits per heavy atom. The quantitative estimate of drug-likeness (QED) is 0.915. The average molecular weight is 307 g/mol. The van der Waals surface area contributed by atoms with Crippen LogP contribution in [-0.4, -0.2) is 12.0 Å². The fraction of sp³-hybridized carbons (Fsp3) is 0.350. The highest BCUT2D eigenvalue weighted by molar-refractivity contribution is 6.03. The van der Waals surface area contributed by atoms with E-state index in [0.717, 1.165) is 23.4 Å². The van der Waals surface area contributed by atoms with Crippen molar-refractivity contribution in [3.8, 4) is 5.75 Å². The van der Waals surface area contributed by atoms with Gasteiger partial charge >= 0.3 is 0 Å². The van der Waals surface area contributed by atoms with E-state index < -0.39 is 0 Å². The molecule has 1 saturated carbocycles. The highest BCUT2D eigenvalue weighted by Gasteiger charge is 2.30. The van der Waals surface area contributed by atoms with Crippen LogP contribution in [-0.2, 0) is 11.2 Å². The van der Waals surface area contributed by atoms with Crippen LogP contribution < -0.4 is 10.1 Å². The lowest BCUT2D eigenvalue weighted by molar-refractivity contribution is -0.117. The van der Waals surface area contributed by atoms with Gasteiger partial charge in [0.1, 0.15) is 5.75 Å². The van der Waals surface area contributed by atoms with Crippen molar-refractivity contribution >= 4 is 11.6 Å². The third-order valence-corrected chi connectivity index (χ3v) is 4.88. The molecule has 4 rings (SSSR count). The molecule has 1 amide bonds. The van der Waals surface area contributed by atoms with Gasteiger partial charge in [0.15, 0.2) is 0 Å². The van der Waals surface area contributed by atoms with Crippen LogP contribution in [0.4, 0.5) is 5.69 Å². The summed E-state index contributed by atoms with van der Waals surface area (Å²) in [5.41, 5.74) is 3.22. The minimum absolute atomic E-state index is 0.0900. The zero-order valence-corrected chi connectivity index (χ0v) is 13.1. The standard InChI is InChI=1S/C20H21NO2/c22-20-18(17-7-3-4-8-19(17)21-20)13-14-9-11-16(12-10-14)23-15-5-1-2-6-15/h3-4,7-12,15,18H,1-2,5-6,13H2,(H,21,22)/t18-/m1/s1. The number of carbonyl (C=O) groups excluding carboxylic acids is 1. The maximum absolute atomic E-state index is 12.2. The van der Waals surface area contributed by atoms with Gasteiger partial charge in [0.05, 0.1) is 12.0 Å². The first-order chi connectivity index (χ1) is 11.3. The van der Waals surface area contributed by atoms with Gasteiger partial charge in [-0.15, -0.1) is 0 Å². The molecular weight excluding hydrogens is 286 g/mol. The maximum Gasteiger partial charge on any atom is 0.232 e. The van der Waals surface area contributed by atoms with Gasteiger partial charge in [0, 0.05) is 5.69 Å². The number of fused-ring (bicyclic) bond motifs is 1. The highest BCUT2D eigenvalue weighted by Crippen LogP contribution is 2.34. The monoisotopic (exact) mass is 307 g/mol. The van der Waals surface area contributed by atoms with Crippen molar-refractivity contribution in [1.82, 2.24) is 0 Å². The Balaban J connectivity index is 1.46. The van der Waals surface area contributed by atoms with Crippen LogP contribution in [0.5, 0.6) is 5.75 Å². The zero-order chi connectivity index (χ0) is 15.6. The molecule has 1 aliphatic heterocycles. The van der Waals surface area contributed by atoms with E-state index in [4.69, 9.17) is 4.74 Å². The second-order valence-corrected chi connectivity index (χ2v) is 6.50. The fourth-order valence-corrected chi connectivity index (χ4v) is 3.62. The number of amides is 1. The second-order valence-electron chi connectivity index (χ2n) is 6.50. The van der Waals surface area contributed by atoms with Gasteiger partial charge in [-0.2, -0.15) is 0 Å². The molecule has 2 aliphatic rings. The van der Waals surface area contributed by atoms with Crippen molar-refractivity contribution in [2.45, 2.75) is 44.1 Å². The Morgan fingerprint density at radius 2 is 1.74 bits per heavy atom. The Kier molecular flexibility index (Phi) is 3.78. The first-order valence-electron chi connectivity index (χ1n) is 8.45. The van der Waals surface area contributed by atoms with E-state index in [1.54, 1.807) is 0 Å². The van der Waals surface area contributed by atoms with E-state index in [1.807, 2.05) is 36.4 Å². The van der Waals surface area contributed by atoms with Crippen molar-refractivity contribution in [2.24, 2.45) is 0 Å². The molecule has 3 heteroatoms. The third kappa shape index (κ3) is 2.96. The molecule has 0 bridgehead atoms. The van der Waals surface area contributed by atoms with Crippen LogP contribution in [0.3, 0.4) is 0 Å². The van der Waals surface area contributed by atoms with Crippen LogP contribution in [0, 0.1) is 0 Å². The molecule has 0 aromatic heterocycles. The molecule has 0 spiro atoms. The number of benzene rings is 2. The van der Waals surface area contributed by atoms with Crippen LogP contribution in [0.1, 0.15) is 42.7 Å². The van der Waals surface area contributed by atoms with Gasteiger partial charge in [-0.05, 0) is 61.4 Å². The van der Waals surface area contributed by atoms with Crippen molar-refractivity contribution < 1.29 is 9.53 Å². The van der Waals surface area contributed by atoms with Crippen molar-refractivity contribution in [3.05, 3.63) is 59.7 Å². The smallest absolute Gasteiger partial charge is 0.232 e. The Bertz CT molecular complexity index is 702. The molecule has 1 fully saturated rings. The molecule has 1 N–H and O–H groups in total. The van der Waals surface area contributed by atoms with E-state index in [9.17, 15) is 4.79 Å². The molecule has 3 nitrogen and oxygen atoms in total. The molecule has 1 atom stereocenters. The van der Waals surface area contributed by atoms with Crippen LogP contribution in [0.25, 0.3) is 0 Å². The summed E-state index contributed by atoms with van der Waals surface area (Å²) >= 11 is 0. The molecular formula is C20H21NO2. The molecule has 2 aromatic rings. The zero-order valence-electron chi connectivity index (χ0n) is 13.1. The molecule has 1 heterocycles. The van der Waals surface area contributed by atoms with E-state index in [-0.39, 0.29) is 11.8 Å². The predicted octanol–water partition coefficient (Wildman–Crippen LogP) is 4.29. The topological polar surface area (TPSA) is 38.3 Å². The number of ether oxygens (including phenoxy) is 1. The van der Waals surface area contributed by atoms with Crippen molar-refractivity contribution in [2.75, 3.05) is 5.32 Å². The van der Waals surface area contributed by atoms with Crippen LogP contribution in [0.2, 0.25) is 0 Å². The number of anilines is 1. The minimum Gasteiger partial charge on any atom is -0.490 e. The summed E-state index contributed by atoms with van der Waals surface area (Å²) in [5.74, 6) is 0.946. The minimum atomic E-state index is -0.0900. The molecule has 1 aliphatic carbocycles. The number of hydrogen-bond donors (Lipinski definition) is 1. The summed E-state index contributed by atoms with van der Waals surface area (Å²) in [5, 5.41) is 2.96. The van der Waals surface area contributed by atoms with Crippen molar-refractivity contribution in [3.63, 3.8) is 0 Å². The van der Waals surface area contributed by atoms with E-state index in [2.05, 4.69) is 17.4 Å². The lowest BCUT2D eigenvalue weighted by Crippen LogP contribution is -2.14. The third-order valence-electron chi connectivity index (χ3n) is 4.88. The van der Waals surface area contributed by atoms with Gasteiger partial charge in [-0.1, -0.05) is 30.3 Å². The number of rotatable bonds is 4. The van der Waals surface area contributed by atoms with E-state index in [1.165, 1.54) is 31.2 Å². The second kappa shape index (κ2) is 6.07. The van der Waals surface area contributed by atoms with E-state index in [0.29, 0.717) is 6.10 Å².